The third-order valence-electron chi connectivity index (χ3n) is 4.25. The summed E-state index contributed by atoms with van der Waals surface area (Å²) in [5.74, 6) is -0.345. The lowest BCUT2D eigenvalue weighted by atomic mass is 10.1. The van der Waals surface area contributed by atoms with E-state index in [9.17, 15) is 12.8 Å². The number of halogens is 1. The van der Waals surface area contributed by atoms with Crippen LogP contribution in [0.5, 0.6) is 0 Å². The summed E-state index contributed by atoms with van der Waals surface area (Å²) >= 11 is 0. The van der Waals surface area contributed by atoms with E-state index in [2.05, 4.69) is 10.1 Å². The van der Waals surface area contributed by atoms with Crippen molar-refractivity contribution in [1.29, 1.82) is 0 Å². The van der Waals surface area contributed by atoms with Crippen molar-refractivity contribution >= 4 is 22.2 Å². The van der Waals surface area contributed by atoms with Crippen molar-refractivity contribution in [3.05, 3.63) is 102 Å². The van der Waals surface area contributed by atoms with Crippen molar-refractivity contribution in [3.63, 3.8) is 0 Å². The summed E-state index contributed by atoms with van der Waals surface area (Å²) in [5.41, 5.74) is 2.36. The Labute approximate surface area is 167 Å². The van der Waals surface area contributed by atoms with Crippen LogP contribution in [0.3, 0.4) is 0 Å². The maximum atomic E-state index is 13.4. The molecule has 144 valence electrons. The molecule has 2 aromatic heterocycles. The van der Waals surface area contributed by atoms with E-state index in [1.165, 1.54) is 30.5 Å². The fourth-order valence-electron chi connectivity index (χ4n) is 2.83. The molecule has 4 rings (SSSR count). The molecule has 0 radical (unpaired) electrons. The Hall–Kier alpha value is -3.58. The summed E-state index contributed by atoms with van der Waals surface area (Å²) in [6.07, 6.45) is 8.10. The fraction of sp³-hybridized carbons (Fsp3) is 0. The van der Waals surface area contributed by atoms with Crippen molar-refractivity contribution in [1.82, 2.24) is 14.2 Å². The van der Waals surface area contributed by atoms with Gasteiger partial charge in [0.25, 0.3) is 10.0 Å². The smallest absolute Gasteiger partial charge is 0.264 e. The number of benzene rings is 2. The Bertz CT molecular complexity index is 1270. The zero-order chi connectivity index (χ0) is 20.3. The Morgan fingerprint density at radius 1 is 0.931 bits per heavy atom. The summed E-state index contributed by atoms with van der Waals surface area (Å²) in [6.45, 7) is 0. The summed E-state index contributed by atoms with van der Waals surface area (Å²) in [5, 5.41) is 4.32. The zero-order valence-electron chi connectivity index (χ0n) is 15.2. The number of pyridine rings is 1. The van der Waals surface area contributed by atoms with Gasteiger partial charge in [-0.25, -0.2) is 4.39 Å². The van der Waals surface area contributed by atoms with Gasteiger partial charge < -0.3 is 0 Å². The van der Waals surface area contributed by atoms with Crippen LogP contribution in [0.15, 0.2) is 90.2 Å². The molecule has 0 saturated carbocycles. The SMILES string of the molecule is O=S(=O)(c1ccccc1)n1cc(C=Cc2cccc(F)c2)c(-c2cccnc2)n1. The molecule has 0 saturated heterocycles. The van der Waals surface area contributed by atoms with Crippen LogP contribution in [-0.2, 0) is 10.0 Å². The molecule has 0 atom stereocenters. The van der Waals surface area contributed by atoms with E-state index in [-0.39, 0.29) is 10.7 Å². The summed E-state index contributed by atoms with van der Waals surface area (Å²) in [7, 11) is -3.85. The van der Waals surface area contributed by atoms with Crippen molar-refractivity contribution in [2.45, 2.75) is 4.90 Å². The van der Waals surface area contributed by atoms with Crippen molar-refractivity contribution in [2.75, 3.05) is 0 Å². The Morgan fingerprint density at radius 2 is 1.76 bits per heavy atom. The molecule has 0 unspecified atom stereocenters. The molecule has 0 amide bonds. The minimum absolute atomic E-state index is 0.140. The molecule has 7 heteroatoms. The first-order chi connectivity index (χ1) is 14.0. The molecule has 0 aliphatic carbocycles. The van der Waals surface area contributed by atoms with Gasteiger partial charge in [0.1, 0.15) is 11.5 Å². The second-order valence-corrected chi connectivity index (χ2v) is 8.05. The normalized spacial score (nSPS) is 11.8. The van der Waals surface area contributed by atoms with Gasteiger partial charge >= 0.3 is 0 Å². The molecular weight excluding hydrogens is 389 g/mol. The van der Waals surface area contributed by atoms with Crippen LogP contribution >= 0.6 is 0 Å². The zero-order valence-corrected chi connectivity index (χ0v) is 16.0. The summed E-state index contributed by atoms with van der Waals surface area (Å²) in [6, 6.07) is 17.8. The van der Waals surface area contributed by atoms with Gasteiger partial charge in [0.05, 0.1) is 11.1 Å². The average molecular weight is 405 g/mol. The second kappa shape index (κ2) is 7.81. The second-order valence-electron chi connectivity index (χ2n) is 6.25. The highest BCUT2D eigenvalue weighted by Gasteiger charge is 2.20. The molecule has 0 bridgehead atoms. The first-order valence-electron chi connectivity index (χ1n) is 8.78. The largest absolute Gasteiger partial charge is 0.282 e. The topological polar surface area (TPSA) is 64.8 Å². The summed E-state index contributed by atoms with van der Waals surface area (Å²) in [4.78, 5) is 4.23. The first-order valence-corrected chi connectivity index (χ1v) is 10.2. The predicted octanol–water partition coefficient (Wildman–Crippen LogP) is 4.49. The quantitative estimate of drug-likeness (QED) is 0.491. The van der Waals surface area contributed by atoms with Crippen LogP contribution in [0.2, 0.25) is 0 Å². The van der Waals surface area contributed by atoms with Gasteiger partial charge in [-0.1, -0.05) is 42.5 Å². The maximum absolute atomic E-state index is 13.4. The molecule has 0 fully saturated rings. The highest BCUT2D eigenvalue weighted by molar-refractivity contribution is 7.89. The van der Waals surface area contributed by atoms with Gasteiger partial charge in [0.2, 0.25) is 0 Å². The standard InChI is InChI=1S/C22H16FN3O2S/c23-20-8-4-6-17(14-20)11-12-19-16-26(25-22(19)18-7-5-13-24-15-18)29(27,28)21-9-2-1-3-10-21/h1-16H. The van der Waals surface area contributed by atoms with E-state index in [1.807, 2.05) is 0 Å². The minimum Gasteiger partial charge on any atom is -0.264 e. The van der Waals surface area contributed by atoms with Crippen molar-refractivity contribution in [2.24, 2.45) is 0 Å². The Morgan fingerprint density at radius 3 is 2.48 bits per heavy atom. The maximum Gasteiger partial charge on any atom is 0.282 e. The monoisotopic (exact) mass is 405 g/mol. The number of hydrogen-bond acceptors (Lipinski definition) is 4. The van der Waals surface area contributed by atoms with Crippen LogP contribution in [-0.4, -0.2) is 22.6 Å². The van der Waals surface area contributed by atoms with Crippen molar-refractivity contribution in [3.8, 4) is 11.3 Å². The van der Waals surface area contributed by atoms with Crippen LogP contribution in [0.25, 0.3) is 23.4 Å². The van der Waals surface area contributed by atoms with Gasteiger partial charge in [0, 0.05) is 23.5 Å². The van der Waals surface area contributed by atoms with E-state index >= 15 is 0 Å². The van der Waals surface area contributed by atoms with E-state index in [0.717, 1.165) is 4.09 Å². The third kappa shape index (κ3) is 4.00. The molecule has 29 heavy (non-hydrogen) atoms. The summed E-state index contributed by atoms with van der Waals surface area (Å²) < 4.78 is 40.3. The number of hydrogen-bond donors (Lipinski definition) is 0. The van der Waals surface area contributed by atoms with Gasteiger partial charge in [-0.15, -0.1) is 0 Å². The Balaban J connectivity index is 1.82. The molecular formula is C22H16FN3O2S. The van der Waals surface area contributed by atoms with Crippen LogP contribution in [0.1, 0.15) is 11.1 Å². The van der Waals surface area contributed by atoms with Crippen LogP contribution in [0.4, 0.5) is 4.39 Å². The molecule has 0 aliphatic heterocycles. The molecule has 2 aromatic carbocycles. The molecule has 4 aromatic rings. The number of rotatable bonds is 5. The highest BCUT2D eigenvalue weighted by atomic mass is 32.2. The lowest BCUT2D eigenvalue weighted by Crippen LogP contribution is -2.13. The number of nitrogens with zero attached hydrogens (tertiary/aromatic N) is 3. The van der Waals surface area contributed by atoms with Gasteiger partial charge in [-0.2, -0.15) is 17.6 Å². The average Bonchev–Trinajstić information content (AvgIpc) is 3.19. The van der Waals surface area contributed by atoms with Gasteiger partial charge in [0.15, 0.2) is 0 Å². The molecule has 0 aliphatic rings. The fourth-order valence-corrected chi connectivity index (χ4v) is 3.99. The van der Waals surface area contributed by atoms with Crippen molar-refractivity contribution < 1.29 is 12.8 Å². The molecule has 0 spiro atoms. The van der Waals surface area contributed by atoms with E-state index in [4.69, 9.17) is 0 Å². The molecule has 5 nitrogen and oxygen atoms in total. The van der Waals surface area contributed by atoms with E-state index in [1.54, 1.807) is 67.0 Å². The number of aromatic nitrogens is 3. The molecule has 0 N–H and O–H groups in total. The van der Waals surface area contributed by atoms with Crippen LogP contribution in [0, 0.1) is 5.82 Å². The Kier molecular flexibility index (Phi) is 5.05. The lowest BCUT2D eigenvalue weighted by molar-refractivity contribution is 0.580. The predicted molar refractivity (Wildman–Crippen MR) is 110 cm³/mol. The highest BCUT2D eigenvalue weighted by Crippen LogP contribution is 2.25. The van der Waals surface area contributed by atoms with Gasteiger partial charge in [-0.05, 0) is 42.0 Å². The van der Waals surface area contributed by atoms with E-state index < -0.39 is 10.0 Å². The van der Waals surface area contributed by atoms with Gasteiger partial charge in [-0.3, -0.25) is 4.98 Å². The minimum atomic E-state index is -3.85. The first kappa shape index (κ1) is 18.8. The van der Waals surface area contributed by atoms with E-state index in [0.29, 0.717) is 22.4 Å². The lowest BCUT2D eigenvalue weighted by Gasteiger charge is -2.03. The third-order valence-corrected chi connectivity index (χ3v) is 5.80. The van der Waals surface area contributed by atoms with Crippen LogP contribution < -0.4 is 0 Å². The molecule has 2 heterocycles.